The van der Waals surface area contributed by atoms with E-state index in [0.717, 1.165) is 45.2 Å². The lowest BCUT2D eigenvalue weighted by molar-refractivity contribution is -0.164. The molecule has 0 radical (unpaired) electrons. The molecular formula is C36H28F3I2NO13S2. The topological polar surface area (TPSA) is 209 Å². The van der Waals surface area contributed by atoms with Gasteiger partial charge in [-0.15, -0.1) is 0 Å². The summed E-state index contributed by atoms with van der Waals surface area (Å²) in [6.07, 6.45) is 0. The zero-order chi connectivity index (χ0) is 41.4. The Morgan fingerprint density at radius 2 is 1.12 bits per heavy atom. The number of hydrogen-bond donors (Lipinski definition) is 3. The minimum atomic E-state index is -6.02. The van der Waals surface area contributed by atoms with E-state index < -0.39 is 78.5 Å². The Hall–Kier alpha value is -4.20. The zero-order valence-electron chi connectivity index (χ0n) is 28.7. The van der Waals surface area contributed by atoms with E-state index in [1.807, 2.05) is 48.5 Å². The normalized spacial score (nSPS) is 18.5. The van der Waals surface area contributed by atoms with Gasteiger partial charge in [0.05, 0.1) is 17.4 Å². The van der Waals surface area contributed by atoms with Crippen molar-refractivity contribution in [2.75, 3.05) is 26.4 Å². The minimum Gasteiger partial charge on any atom is -0.507 e. The number of phenols is 1. The van der Waals surface area contributed by atoms with Gasteiger partial charge in [0.15, 0.2) is 0 Å². The summed E-state index contributed by atoms with van der Waals surface area (Å²) in [5.41, 5.74) is -3.16. The predicted molar refractivity (Wildman–Crippen MR) is 209 cm³/mol. The van der Waals surface area contributed by atoms with Crippen molar-refractivity contribution in [2.24, 2.45) is 11.8 Å². The van der Waals surface area contributed by atoms with E-state index in [1.165, 1.54) is 12.1 Å². The molecule has 0 fully saturated rings. The highest BCUT2D eigenvalue weighted by molar-refractivity contribution is 14.1. The van der Waals surface area contributed by atoms with Crippen molar-refractivity contribution in [3.63, 3.8) is 0 Å². The average Bonchev–Trinajstić information content (AvgIpc) is 3.13. The Kier molecular flexibility index (Phi) is 12.3. The number of carbonyl (C=O) groups is 3. The van der Waals surface area contributed by atoms with E-state index in [0.29, 0.717) is 0 Å². The lowest BCUT2D eigenvalue weighted by Gasteiger charge is -2.48. The average molecular weight is 1060 g/mol. The molecule has 0 saturated carbocycles. The monoisotopic (exact) mass is 1060 g/mol. The summed E-state index contributed by atoms with van der Waals surface area (Å²) >= 11 is 3.50. The molecule has 21 heteroatoms. The molecule has 2 bridgehead atoms. The van der Waals surface area contributed by atoms with Gasteiger partial charge < -0.3 is 24.1 Å². The van der Waals surface area contributed by atoms with Gasteiger partial charge in [-0.05, 0) is 91.7 Å². The summed E-state index contributed by atoms with van der Waals surface area (Å²) in [5.74, 6) is -7.11. The summed E-state index contributed by atoms with van der Waals surface area (Å²) in [6.45, 7) is -1.02. The van der Waals surface area contributed by atoms with Crippen LogP contribution in [0.3, 0.4) is 0 Å². The number of sulfonamides is 1. The number of amides is 1. The lowest BCUT2D eigenvalue weighted by atomic mass is 9.54. The van der Waals surface area contributed by atoms with Crippen molar-refractivity contribution in [3.8, 4) is 17.2 Å². The minimum absolute atomic E-state index is 0.0965. The fourth-order valence-electron chi connectivity index (χ4n) is 6.93. The number of phenolic OH excluding ortho intramolecular Hbond substituents is 1. The van der Waals surface area contributed by atoms with E-state index in [-0.39, 0.29) is 50.0 Å². The summed E-state index contributed by atoms with van der Waals surface area (Å²) < 4.78 is 117. The molecule has 3 N–H and O–H groups in total. The van der Waals surface area contributed by atoms with Crippen molar-refractivity contribution in [1.29, 1.82) is 0 Å². The third kappa shape index (κ3) is 8.80. The Morgan fingerprint density at radius 3 is 1.53 bits per heavy atom. The largest absolute Gasteiger partial charge is 0.516 e. The van der Waals surface area contributed by atoms with Gasteiger partial charge in [0.25, 0.3) is 16.0 Å². The van der Waals surface area contributed by atoms with Crippen LogP contribution < -0.4 is 14.2 Å². The fraction of sp³-hybridized carbons (Fsp3) is 0.250. The van der Waals surface area contributed by atoms with Crippen LogP contribution in [0.4, 0.5) is 13.2 Å². The molecule has 14 nitrogen and oxygen atoms in total. The van der Waals surface area contributed by atoms with Gasteiger partial charge in [0.2, 0.25) is 0 Å². The molecule has 0 saturated heterocycles. The number of aromatic hydroxyl groups is 1. The maximum absolute atomic E-state index is 14.0. The molecule has 4 aromatic rings. The molecule has 2 atom stereocenters. The SMILES string of the molecule is O=C(NS(=O)(=O)C(F)(F)F)c1ccc(OCCOC(=O)C2C3c4ccccc4C(c4ccccc43)C2C(=O)OCCOc2cc(I)c(S(=O)(=O)O)c(I)c2)cc1O. The predicted octanol–water partition coefficient (Wildman–Crippen LogP) is 5.50. The molecule has 3 aliphatic rings. The van der Waals surface area contributed by atoms with Gasteiger partial charge in [-0.3, -0.25) is 18.9 Å². The van der Waals surface area contributed by atoms with Crippen molar-refractivity contribution in [2.45, 2.75) is 22.2 Å². The maximum atomic E-state index is 14.0. The first kappa shape index (κ1) is 42.4. The second-order valence-corrected chi connectivity index (χ2v) is 17.9. The van der Waals surface area contributed by atoms with Crippen LogP contribution in [0.5, 0.6) is 17.2 Å². The molecule has 0 aliphatic heterocycles. The molecule has 1 amide bonds. The number of rotatable bonds is 13. The first-order valence-corrected chi connectivity index (χ1v) is 21.6. The number of ether oxygens (including phenoxy) is 4. The first-order chi connectivity index (χ1) is 26.8. The number of nitrogens with one attached hydrogen (secondary N) is 1. The highest BCUT2D eigenvalue weighted by atomic mass is 127. The van der Waals surface area contributed by atoms with Gasteiger partial charge in [0.1, 0.15) is 48.6 Å². The maximum Gasteiger partial charge on any atom is 0.516 e. The van der Waals surface area contributed by atoms with Crippen LogP contribution in [-0.4, -0.2) is 76.3 Å². The molecular weight excluding hydrogens is 1030 g/mol. The second-order valence-electron chi connectivity index (χ2n) is 12.5. The van der Waals surface area contributed by atoms with Gasteiger partial charge in [-0.2, -0.15) is 30.0 Å². The lowest BCUT2D eigenvalue weighted by Crippen LogP contribution is -2.48. The number of halogens is 5. The highest BCUT2D eigenvalue weighted by Gasteiger charge is 2.56. The molecule has 2 unspecified atom stereocenters. The molecule has 0 heterocycles. The highest BCUT2D eigenvalue weighted by Crippen LogP contribution is 2.58. The number of fused-ring (bicyclic) bond motifs is 1. The fourth-order valence-corrected chi connectivity index (χ4v) is 11.4. The van der Waals surface area contributed by atoms with E-state index in [1.54, 1.807) is 45.2 Å². The quantitative estimate of drug-likeness (QED) is 0.0656. The van der Waals surface area contributed by atoms with E-state index in [2.05, 4.69) is 0 Å². The van der Waals surface area contributed by atoms with Crippen molar-refractivity contribution in [3.05, 3.63) is 114 Å². The van der Waals surface area contributed by atoms with Crippen LogP contribution in [0, 0.1) is 19.0 Å². The molecule has 7 rings (SSSR count). The Bertz CT molecular complexity index is 2410. The van der Waals surface area contributed by atoms with E-state index in [4.69, 9.17) is 18.9 Å². The third-order valence-electron chi connectivity index (χ3n) is 9.15. The van der Waals surface area contributed by atoms with Crippen molar-refractivity contribution < 1.29 is 73.0 Å². The standard InChI is InChI=1S/C36H28F3I2NO13S2/c37-36(38,39)57(50,51)42-33(44)24-10-9-18(17-27(24)43)52-11-13-54-34(45)30-28-20-5-1-3-7-22(20)29(23-8-4-2-6-21(23)28)31(30)35(46)55-14-12-53-19-15-25(40)32(26(41)16-19)56(47,48)49/h1-10,15-17,28-31,43H,11-14H2,(H,42,44)(H,47,48,49). The molecule has 302 valence electrons. The number of esters is 2. The van der Waals surface area contributed by atoms with Crippen LogP contribution in [-0.2, 0) is 39.2 Å². The van der Waals surface area contributed by atoms with Gasteiger partial charge in [0, 0.05) is 25.0 Å². The van der Waals surface area contributed by atoms with Crippen LogP contribution in [0.2, 0.25) is 0 Å². The molecule has 0 aromatic heterocycles. The van der Waals surface area contributed by atoms with E-state index >= 15 is 0 Å². The Labute approximate surface area is 350 Å². The van der Waals surface area contributed by atoms with Crippen LogP contribution in [0.1, 0.15) is 44.4 Å². The van der Waals surface area contributed by atoms with Crippen molar-refractivity contribution >= 4 is 83.2 Å². The smallest absolute Gasteiger partial charge is 0.507 e. The Balaban J connectivity index is 1.14. The number of hydrogen-bond acceptors (Lipinski definition) is 12. The molecule has 0 spiro atoms. The molecule has 3 aliphatic carbocycles. The summed E-state index contributed by atoms with van der Waals surface area (Å²) in [4.78, 5) is 39.8. The summed E-state index contributed by atoms with van der Waals surface area (Å²) in [5, 5.41) is 10.2. The van der Waals surface area contributed by atoms with Crippen LogP contribution in [0.25, 0.3) is 0 Å². The van der Waals surface area contributed by atoms with Gasteiger partial charge in [-0.25, -0.2) is 4.72 Å². The van der Waals surface area contributed by atoms with Gasteiger partial charge >= 0.3 is 27.5 Å². The van der Waals surface area contributed by atoms with Crippen LogP contribution in [0.15, 0.2) is 83.8 Å². The number of benzene rings is 4. The van der Waals surface area contributed by atoms with E-state index in [9.17, 15) is 54.0 Å². The summed E-state index contributed by atoms with van der Waals surface area (Å²) in [6, 6.07) is 20.5. The second kappa shape index (κ2) is 16.6. The summed E-state index contributed by atoms with van der Waals surface area (Å²) in [7, 11) is -10.5. The number of carbonyl (C=O) groups excluding carboxylic acids is 3. The zero-order valence-corrected chi connectivity index (χ0v) is 34.7. The first-order valence-electron chi connectivity index (χ1n) is 16.5. The third-order valence-corrected chi connectivity index (χ3v) is 13.6. The van der Waals surface area contributed by atoms with Crippen molar-refractivity contribution in [1.82, 2.24) is 4.72 Å². The Morgan fingerprint density at radius 1 is 0.684 bits per heavy atom. The van der Waals surface area contributed by atoms with Gasteiger partial charge in [-0.1, -0.05) is 48.5 Å². The van der Waals surface area contributed by atoms with Crippen LogP contribution >= 0.6 is 45.2 Å². The molecule has 4 aromatic carbocycles. The molecule has 57 heavy (non-hydrogen) atoms. The number of alkyl halides is 3.